The number of ether oxygens (including phenoxy) is 1. The Bertz CT molecular complexity index is 529. The summed E-state index contributed by atoms with van der Waals surface area (Å²) in [6, 6.07) is 0. The highest BCUT2D eigenvalue weighted by molar-refractivity contribution is 5.90. The Kier molecular flexibility index (Phi) is 3.32. The van der Waals surface area contributed by atoms with E-state index in [1.54, 1.807) is 11.6 Å². The van der Waals surface area contributed by atoms with Crippen LogP contribution in [0.25, 0.3) is 0 Å². The van der Waals surface area contributed by atoms with Crippen molar-refractivity contribution in [2.24, 2.45) is 0 Å². The van der Waals surface area contributed by atoms with E-state index in [0.717, 1.165) is 18.5 Å². The van der Waals surface area contributed by atoms with Crippen LogP contribution in [0.15, 0.2) is 0 Å². The second kappa shape index (κ2) is 4.88. The average Bonchev–Trinajstić information content (AvgIpc) is 3.05. The minimum atomic E-state index is -0.897. The molecule has 1 N–H and O–H groups in total. The molecule has 20 heavy (non-hydrogen) atoms. The first-order valence-corrected chi connectivity index (χ1v) is 7.46. The molecule has 1 aliphatic heterocycles. The predicted octanol–water partition coefficient (Wildman–Crippen LogP) is 2.69. The van der Waals surface area contributed by atoms with E-state index in [2.05, 4.69) is 5.10 Å². The molecule has 1 unspecified atom stereocenters. The van der Waals surface area contributed by atoms with Crippen molar-refractivity contribution in [3.63, 3.8) is 0 Å². The Morgan fingerprint density at radius 2 is 2.10 bits per heavy atom. The fraction of sp³-hybridized carbons (Fsp3) is 0.733. The van der Waals surface area contributed by atoms with Gasteiger partial charge in [-0.1, -0.05) is 12.8 Å². The fourth-order valence-corrected chi connectivity index (χ4v) is 3.79. The van der Waals surface area contributed by atoms with Gasteiger partial charge in [0.2, 0.25) is 0 Å². The summed E-state index contributed by atoms with van der Waals surface area (Å²) in [4.78, 5) is 11.2. The Hall–Kier alpha value is -1.36. The highest BCUT2D eigenvalue weighted by atomic mass is 16.5. The van der Waals surface area contributed by atoms with Gasteiger partial charge < -0.3 is 9.84 Å². The number of aromatic nitrogens is 2. The molecule has 5 heteroatoms. The molecule has 5 nitrogen and oxygen atoms in total. The summed E-state index contributed by atoms with van der Waals surface area (Å²) in [5.41, 5.74) is 1.77. The van der Waals surface area contributed by atoms with E-state index in [9.17, 15) is 9.90 Å². The lowest BCUT2D eigenvalue weighted by Gasteiger charge is -2.24. The number of rotatable bonds is 3. The molecule has 0 aromatic carbocycles. The molecule has 1 aliphatic carbocycles. The average molecular weight is 278 g/mol. The molecule has 3 rings (SSSR count). The van der Waals surface area contributed by atoms with Crippen LogP contribution in [0.4, 0.5) is 0 Å². The zero-order valence-corrected chi connectivity index (χ0v) is 12.2. The van der Waals surface area contributed by atoms with Gasteiger partial charge >= 0.3 is 5.97 Å². The molecule has 2 aliphatic rings. The highest BCUT2D eigenvalue weighted by Crippen LogP contribution is 2.43. The molecule has 1 saturated carbocycles. The van der Waals surface area contributed by atoms with Gasteiger partial charge in [-0.25, -0.2) is 4.79 Å². The largest absolute Gasteiger partial charge is 0.478 e. The summed E-state index contributed by atoms with van der Waals surface area (Å²) in [5, 5.41) is 13.6. The van der Waals surface area contributed by atoms with Crippen LogP contribution in [0.2, 0.25) is 0 Å². The lowest BCUT2D eigenvalue weighted by molar-refractivity contribution is -0.0431. The zero-order valence-electron chi connectivity index (χ0n) is 12.2. The lowest BCUT2D eigenvalue weighted by Crippen LogP contribution is -2.27. The maximum atomic E-state index is 11.2. The van der Waals surface area contributed by atoms with E-state index in [-0.39, 0.29) is 11.7 Å². The van der Waals surface area contributed by atoms with E-state index in [1.165, 1.54) is 25.7 Å². The predicted molar refractivity (Wildman–Crippen MR) is 74.0 cm³/mol. The third kappa shape index (κ3) is 2.24. The molecule has 1 atom stereocenters. The Morgan fingerprint density at radius 1 is 1.40 bits per heavy atom. The smallest absolute Gasteiger partial charge is 0.339 e. The highest BCUT2D eigenvalue weighted by Gasteiger charge is 2.42. The van der Waals surface area contributed by atoms with Gasteiger partial charge in [-0.2, -0.15) is 5.10 Å². The Balaban J connectivity index is 1.73. The number of aryl methyl sites for hydroxylation is 1. The van der Waals surface area contributed by atoms with E-state index in [0.29, 0.717) is 17.8 Å². The molecule has 1 spiro atoms. The zero-order chi connectivity index (χ0) is 14.3. The van der Waals surface area contributed by atoms with Crippen LogP contribution in [0.1, 0.15) is 60.3 Å². The number of hydrogen-bond donors (Lipinski definition) is 1. The standard InChI is InChI=1S/C15H22N2O3/c1-10-13(14(18)19)11(2)17(16-10)9-12-5-8-15(20-12)6-3-4-7-15/h12H,3-9H2,1-2H3,(H,18,19). The van der Waals surface area contributed by atoms with Gasteiger partial charge in [-0.15, -0.1) is 0 Å². The van der Waals surface area contributed by atoms with Crippen LogP contribution in [0, 0.1) is 13.8 Å². The Morgan fingerprint density at radius 3 is 2.70 bits per heavy atom. The molecule has 110 valence electrons. The van der Waals surface area contributed by atoms with Gasteiger partial charge in [0.25, 0.3) is 0 Å². The maximum absolute atomic E-state index is 11.2. The minimum absolute atomic E-state index is 0.121. The number of carboxylic acid groups (broad SMARTS) is 1. The molecule has 2 fully saturated rings. The lowest BCUT2D eigenvalue weighted by atomic mass is 9.98. The van der Waals surface area contributed by atoms with Gasteiger partial charge in [0.05, 0.1) is 29.6 Å². The van der Waals surface area contributed by atoms with Gasteiger partial charge in [-0.3, -0.25) is 4.68 Å². The second-order valence-corrected chi connectivity index (χ2v) is 6.20. The quantitative estimate of drug-likeness (QED) is 0.923. The summed E-state index contributed by atoms with van der Waals surface area (Å²) in [6.45, 7) is 4.24. The summed E-state index contributed by atoms with van der Waals surface area (Å²) in [5.74, 6) is -0.897. The van der Waals surface area contributed by atoms with Crippen LogP contribution in [0.5, 0.6) is 0 Å². The molecular formula is C15H22N2O3. The minimum Gasteiger partial charge on any atom is -0.478 e. The summed E-state index contributed by atoms with van der Waals surface area (Å²) < 4.78 is 8.07. The van der Waals surface area contributed by atoms with E-state index in [4.69, 9.17) is 4.74 Å². The third-order valence-electron chi connectivity index (χ3n) is 4.83. The number of carboxylic acids is 1. The van der Waals surface area contributed by atoms with Crippen molar-refractivity contribution in [2.45, 2.75) is 70.6 Å². The van der Waals surface area contributed by atoms with Crippen LogP contribution >= 0.6 is 0 Å². The molecule has 0 radical (unpaired) electrons. The van der Waals surface area contributed by atoms with Crippen LogP contribution in [-0.2, 0) is 11.3 Å². The van der Waals surface area contributed by atoms with Crippen molar-refractivity contribution in [1.82, 2.24) is 9.78 Å². The molecular weight excluding hydrogens is 256 g/mol. The summed E-state index contributed by atoms with van der Waals surface area (Å²) in [7, 11) is 0. The van der Waals surface area contributed by atoms with Crippen LogP contribution < -0.4 is 0 Å². The molecule has 0 amide bonds. The van der Waals surface area contributed by atoms with Crippen molar-refractivity contribution in [3.8, 4) is 0 Å². The topological polar surface area (TPSA) is 64.4 Å². The monoisotopic (exact) mass is 278 g/mol. The van der Waals surface area contributed by atoms with Gasteiger partial charge in [0.15, 0.2) is 0 Å². The van der Waals surface area contributed by atoms with Gasteiger partial charge in [0.1, 0.15) is 5.56 Å². The molecule has 0 bridgehead atoms. The van der Waals surface area contributed by atoms with Crippen molar-refractivity contribution < 1.29 is 14.6 Å². The number of carbonyl (C=O) groups is 1. The molecule has 1 saturated heterocycles. The first-order chi connectivity index (χ1) is 9.51. The molecule has 2 heterocycles. The van der Waals surface area contributed by atoms with E-state index < -0.39 is 5.97 Å². The first kappa shape index (κ1) is 13.6. The molecule has 1 aromatic heterocycles. The number of nitrogens with zero attached hydrogens (tertiary/aromatic N) is 2. The third-order valence-corrected chi connectivity index (χ3v) is 4.83. The maximum Gasteiger partial charge on any atom is 0.339 e. The van der Waals surface area contributed by atoms with Crippen molar-refractivity contribution in [3.05, 3.63) is 17.0 Å². The normalized spacial score (nSPS) is 24.6. The van der Waals surface area contributed by atoms with Gasteiger partial charge in [-0.05, 0) is 39.5 Å². The molecule has 1 aromatic rings. The SMILES string of the molecule is Cc1nn(CC2CCC3(CCCC3)O2)c(C)c1C(=O)O. The van der Waals surface area contributed by atoms with Crippen molar-refractivity contribution in [2.75, 3.05) is 0 Å². The van der Waals surface area contributed by atoms with Gasteiger partial charge in [0, 0.05) is 0 Å². The number of hydrogen-bond acceptors (Lipinski definition) is 3. The van der Waals surface area contributed by atoms with Crippen molar-refractivity contribution in [1.29, 1.82) is 0 Å². The summed E-state index contributed by atoms with van der Waals surface area (Å²) >= 11 is 0. The van der Waals surface area contributed by atoms with Crippen LogP contribution in [0.3, 0.4) is 0 Å². The first-order valence-electron chi connectivity index (χ1n) is 7.46. The summed E-state index contributed by atoms with van der Waals surface area (Å²) in [6.07, 6.45) is 7.28. The van der Waals surface area contributed by atoms with Crippen LogP contribution in [-0.4, -0.2) is 32.6 Å². The van der Waals surface area contributed by atoms with Crippen molar-refractivity contribution >= 4 is 5.97 Å². The number of aromatic carboxylic acids is 1. The van der Waals surface area contributed by atoms with E-state index in [1.807, 2.05) is 6.92 Å². The van der Waals surface area contributed by atoms with E-state index >= 15 is 0 Å². The second-order valence-electron chi connectivity index (χ2n) is 6.20. The fourth-order valence-electron chi connectivity index (χ4n) is 3.79. The Labute approximate surface area is 118 Å².